The number of aryl methyl sites for hydroxylation is 1. The Balaban J connectivity index is 1.94. The third-order valence-electron chi connectivity index (χ3n) is 4.03. The average Bonchev–Trinajstić information content (AvgIpc) is 3.00. The Kier molecular flexibility index (Phi) is 6.95. The molecule has 0 aliphatic carbocycles. The molecule has 2 aromatic rings. The highest BCUT2D eigenvalue weighted by atomic mass is 16.5. The molecule has 0 unspecified atom stereocenters. The number of aromatic nitrogens is 1. The van der Waals surface area contributed by atoms with Crippen LogP contribution in [0.5, 0.6) is 0 Å². The lowest BCUT2D eigenvalue weighted by Gasteiger charge is -2.15. The summed E-state index contributed by atoms with van der Waals surface area (Å²) >= 11 is 0. The van der Waals surface area contributed by atoms with Gasteiger partial charge < -0.3 is 14.6 Å². The lowest BCUT2D eigenvalue weighted by Crippen LogP contribution is -2.36. The predicted molar refractivity (Wildman–Crippen MR) is 98.6 cm³/mol. The zero-order valence-electron chi connectivity index (χ0n) is 15.7. The first-order valence-corrected chi connectivity index (χ1v) is 8.86. The van der Waals surface area contributed by atoms with Crippen molar-refractivity contribution in [1.82, 2.24) is 10.5 Å². The summed E-state index contributed by atoms with van der Waals surface area (Å²) in [5.41, 5.74) is 1.42. The fourth-order valence-electron chi connectivity index (χ4n) is 2.58. The molecule has 1 heterocycles. The van der Waals surface area contributed by atoms with Crippen molar-refractivity contribution >= 4 is 11.9 Å². The van der Waals surface area contributed by atoms with E-state index in [1.54, 1.807) is 6.92 Å². The summed E-state index contributed by atoms with van der Waals surface area (Å²) in [5.74, 6) is 0.0114. The van der Waals surface area contributed by atoms with E-state index in [0.29, 0.717) is 17.4 Å². The van der Waals surface area contributed by atoms with Crippen molar-refractivity contribution < 1.29 is 18.8 Å². The average molecular weight is 358 g/mol. The van der Waals surface area contributed by atoms with Gasteiger partial charge in [0.15, 0.2) is 6.61 Å². The van der Waals surface area contributed by atoms with Gasteiger partial charge in [0.1, 0.15) is 17.0 Å². The van der Waals surface area contributed by atoms with Gasteiger partial charge in [0.2, 0.25) is 0 Å². The van der Waals surface area contributed by atoms with Crippen LogP contribution >= 0.6 is 0 Å². The second kappa shape index (κ2) is 9.17. The normalized spacial score (nSPS) is 12.0. The molecule has 2 rings (SSSR count). The van der Waals surface area contributed by atoms with Gasteiger partial charge in [-0.2, -0.15) is 0 Å². The zero-order valence-corrected chi connectivity index (χ0v) is 15.7. The molecule has 0 bridgehead atoms. The molecule has 0 aliphatic rings. The minimum Gasteiger partial charge on any atom is -0.452 e. The van der Waals surface area contributed by atoms with Gasteiger partial charge in [-0.3, -0.25) is 4.79 Å². The number of carbonyl (C=O) groups excluding carboxylic acids is 2. The van der Waals surface area contributed by atoms with Crippen molar-refractivity contribution in [3.8, 4) is 11.3 Å². The minimum atomic E-state index is -0.618. The lowest BCUT2D eigenvalue weighted by atomic mass is 10.0. The largest absolute Gasteiger partial charge is 0.452 e. The third kappa shape index (κ3) is 5.44. The van der Waals surface area contributed by atoms with Crippen molar-refractivity contribution in [2.75, 3.05) is 6.61 Å². The van der Waals surface area contributed by atoms with Crippen LogP contribution in [0.2, 0.25) is 0 Å². The monoisotopic (exact) mass is 358 g/mol. The van der Waals surface area contributed by atoms with Gasteiger partial charge >= 0.3 is 5.97 Å². The Morgan fingerprint density at radius 1 is 1.15 bits per heavy atom. The van der Waals surface area contributed by atoms with Crippen LogP contribution in [0.3, 0.4) is 0 Å². The molecule has 1 atom stereocenters. The molecule has 26 heavy (non-hydrogen) atoms. The number of rotatable bonds is 8. The number of nitrogens with one attached hydrogen (secondary N) is 1. The van der Waals surface area contributed by atoms with Gasteiger partial charge in [0.25, 0.3) is 5.91 Å². The lowest BCUT2D eigenvalue weighted by molar-refractivity contribution is -0.124. The third-order valence-corrected chi connectivity index (χ3v) is 4.03. The molecular weight excluding hydrogens is 332 g/mol. The maximum Gasteiger partial charge on any atom is 0.344 e. The number of nitrogens with zero attached hydrogens (tertiary/aromatic N) is 1. The molecule has 1 aromatic carbocycles. The molecule has 1 amide bonds. The standard InChI is InChI=1S/C20H26N2O4/c1-13(2)10-11-14(3)21-17(23)12-25-20(24)18-15(4)26-22-19(18)16-8-6-5-7-9-16/h5-9,13-14H,10-12H2,1-4H3,(H,21,23)/t14-/m0/s1. The first-order valence-electron chi connectivity index (χ1n) is 8.86. The fourth-order valence-corrected chi connectivity index (χ4v) is 2.58. The molecular formula is C20H26N2O4. The number of ether oxygens (including phenoxy) is 1. The van der Waals surface area contributed by atoms with Crippen molar-refractivity contribution in [2.45, 2.75) is 46.6 Å². The first kappa shape index (κ1) is 19.7. The Bertz CT molecular complexity index is 738. The molecule has 6 heteroatoms. The van der Waals surface area contributed by atoms with E-state index in [4.69, 9.17) is 9.26 Å². The Hall–Kier alpha value is -2.63. The van der Waals surface area contributed by atoms with Crippen LogP contribution in [0.1, 0.15) is 49.7 Å². The molecule has 6 nitrogen and oxygen atoms in total. The van der Waals surface area contributed by atoms with Crippen LogP contribution in [0.15, 0.2) is 34.9 Å². The summed E-state index contributed by atoms with van der Waals surface area (Å²) in [7, 11) is 0. The summed E-state index contributed by atoms with van der Waals surface area (Å²) in [6.45, 7) is 7.54. The van der Waals surface area contributed by atoms with Crippen LogP contribution < -0.4 is 5.32 Å². The van der Waals surface area contributed by atoms with Crippen molar-refractivity contribution in [3.05, 3.63) is 41.7 Å². The van der Waals surface area contributed by atoms with Gasteiger partial charge in [-0.1, -0.05) is 49.3 Å². The predicted octanol–water partition coefficient (Wildman–Crippen LogP) is 3.75. The van der Waals surface area contributed by atoms with Crippen molar-refractivity contribution in [3.63, 3.8) is 0 Å². The van der Waals surface area contributed by atoms with Gasteiger partial charge in [-0.15, -0.1) is 0 Å². The summed E-state index contributed by atoms with van der Waals surface area (Å²) in [6, 6.07) is 9.27. The molecule has 0 radical (unpaired) electrons. The summed E-state index contributed by atoms with van der Waals surface area (Å²) in [4.78, 5) is 24.4. The smallest absolute Gasteiger partial charge is 0.344 e. The van der Waals surface area contributed by atoms with Gasteiger partial charge in [0, 0.05) is 11.6 Å². The highest BCUT2D eigenvalue weighted by molar-refractivity contribution is 5.98. The quantitative estimate of drug-likeness (QED) is 0.727. The number of amides is 1. The number of hydrogen-bond donors (Lipinski definition) is 1. The number of esters is 1. The topological polar surface area (TPSA) is 81.4 Å². The number of benzene rings is 1. The van der Waals surface area contributed by atoms with Crippen LogP contribution in [0, 0.1) is 12.8 Å². The highest BCUT2D eigenvalue weighted by Crippen LogP contribution is 2.25. The van der Waals surface area contributed by atoms with Gasteiger partial charge in [-0.05, 0) is 32.6 Å². The molecule has 0 saturated carbocycles. The molecule has 0 fully saturated rings. The van der Waals surface area contributed by atoms with E-state index in [1.807, 2.05) is 37.3 Å². The number of hydrogen-bond acceptors (Lipinski definition) is 5. The zero-order chi connectivity index (χ0) is 19.1. The maximum absolute atomic E-state index is 12.4. The van der Waals surface area contributed by atoms with E-state index in [0.717, 1.165) is 18.4 Å². The summed E-state index contributed by atoms with van der Waals surface area (Å²) in [5, 5.41) is 6.79. The summed E-state index contributed by atoms with van der Waals surface area (Å²) in [6.07, 6.45) is 1.92. The molecule has 1 N–H and O–H groups in total. The molecule has 0 spiro atoms. The van der Waals surface area contributed by atoms with Crippen LogP contribution in [-0.4, -0.2) is 29.7 Å². The van der Waals surface area contributed by atoms with E-state index in [2.05, 4.69) is 24.3 Å². The molecule has 1 aromatic heterocycles. The maximum atomic E-state index is 12.4. The highest BCUT2D eigenvalue weighted by Gasteiger charge is 2.23. The Labute approximate surface area is 153 Å². The van der Waals surface area contributed by atoms with Crippen molar-refractivity contribution in [1.29, 1.82) is 0 Å². The number of carbonyl (C=O) groups is 2. The fraction of sp³-hybridized carbons (Fsp3) is 0.450. The summed E-state index contributed by atoms with van der Waals surface area (Å²) < 4.78 is 10.3. The first-order chi connectivity index (χ1) is 12.4. The van der Waals surface area contributed by atoms with E-state index >= 15 is 0 Å². The van der Waals surface area contributed by atoms with E-state index < -0.39 is 5.97 Å². The second-order valence-corrected chi connectivity index (χ2v) is 6.84. The van der Waals surface area contributed by atoms with Crippen molar-refractivity contribution in [2.24, 2.45) is 5.92 Å². The van der Waals surface area contributed by atoms with E-state index in [-0.39, 0.29) is 24.1 Å². The van der Waals surface area contributed by atoms with Crippen LogP contribution in [0.25, 0.3) is 11.3 Å². The van der Waals surface area contributed by atoms with Crippen LogP contribution in [-0.2, 0) is 9.53 Å². The molecule has 140 valence electrons. The van der Waals surface area contributed by atoms with E-state index in [1.165, 1.54) is 0 Å². The van der Waals surface area contributed by atoms with Crippen LogP contribution in [0.4, 0.5) is 0 Å². The molecule has 0 saturated heterocycles. The van der Waals surface area contributed by atoms with Gasteiger partial charge in [-0.25, -0.2) is 4.79 Å². The minimum absolute atomic E-state index is 0.0424. The Morgan fingerprint density at radius 3 is 2.50 bits per heavy atom. The van der Waals surface area contributed by atoms with E-state index in [9.17, 15) is 9.59 Å². The Morgan fingerprint density at radius 2 is 1.85 bits per heavy atom. The second-order valence-electron chi connectivity index (χ2n) is 6.84. The van der Waals surface area contributed by atoms with Gasteiger partial charge in [0.05, 0.1) is 0 Å². The SMILES string of the molecule is Cc1onc(-c2ccccc2)c1C(=O)OCC(=O)N[C@@H](C)CCC(C)C. The molecule has 0 aliphatic heterocycles.